The fourth-order valence-corrected chi connectivity index (χ4v) is 2.50. The van der Waals surface area contributed by atoms with E-state index in [1.54, 1.807) is 6.20 Å². The molecule has 0 saturated carbocycles. The van der Waals surface area contributed by atoms with Crippen molar-refractivity contribution in [3.05, 3.63) is 77.7 Å². The number of halogens is 1. The number of rotatable bonds is 6. The summed E-state index contributed by atoms with van der Waals surface area (Å²) in [4.78, 5) is 28.1. The number of carbonyl (C=O) groups excluding carboxylic acids is 2. The van der Waals surface area contributed by atoms with Gasteiger partial charge < -0.3 is 10.6 Å². The predicted octanol–water partition coefficient (Wildman–Crippen LogP) is 2.81. The highest BCUT2D eigenvalue weighted by atomic mass is 19.1. The summed E-state index contributed by atoms with van der Waals surface area (Å²) in [5.74, 6) is -0.904. The molecule has 0 aliphatic heterocycles. The Balaban J connectivity index is 1.43. The number of para-hydroxylation sites is 1. The first-order valence-corrected chi connectivity index (χ1v) is 8.26. The molecule has 1 heterocycles. The number of amides is 2. The molecule has 26 heavy (non-hydrogen) atoms. The number of pyridine rings is 1. The van der Waals surface area contributed by atoms with E-state index in [4.69, 9.17) is 0 Å². The van der Waals surface area contributed by atoms with Crippen molar-refractivity contribution in [1.82, 2.24) is 15.6 Å². The standard InChI is InChI=1S/C20H18FN3O2/c21-17-7-5-15(6-8-17)20(26)22-10-9-19(25)24-13-14-11-16-3-1-2-4-18(16)23-12-14/h1-8,11-12H,9-10,13H2,(H,22,26)(H,24,25). The quantitative estimate of drug-likeness (QED) is 0.717. The van der Waals surface area contributed by atoms with Crippen molar-refractivity contribution in [3.63, 3.8) is 0 Å². The average Bonchev–Trinajstić information content (AvgIpc) is 2.66. The van der Waals surface area contributed by atoms with Crippen LogP contribution in [0.1, 0.15) is 22.3 Å². The molecule has 0 saturated heterocycles. The third kappa shape index (κ3) is 4.63. The fourth-order valence-electron chi connectivity index (χ4n) is 2.50. The minimum Gasteiger partial charge on any atom is -0.352 e. The summed E-state index contributed by atoms with van der Waals surface area (Å²) in [7, 11) is 0. The Kier molecular flexibility index (Phi) is 5.53. The third-order valence-electron chi connectivity index (χ3n) is 3.88. The molecule has 0 unspecified atom stereocenters. The monoisotopic (exact) mass is 351 g/mol. The first-order valence-electron chi connectivity index (χ1n) is 8.26. The van der Waals surface area contributed by atoms with Crippen LogP contribution in [0.3, 0.4) is 0 Å². The molecule has 3 aromatic rings. The molecule has 1 aromatic heterocycles. The number of carbonyl (C=O) groups is 2. The zero-order valence-corrected chi connectivity index (χ0v) is 14.0. The van der Waals surface area contributed by atoms with E-state index in [1.165, 1.54) is 24.3 Å². The molecule has 2 amide bonds. The normalized spacial score (nSPS) is 10.5. The Labute approximate surface area is 150 Å². The molecule has 0 atom stereocenters. The first-order chi connectivity index (χ1) is 12.6. The van der Waals surface area contributed by atoms with Crippen LogP contribution >= 0.6 is 0 Å². The molecular formula is C20H18FN3O2. The number of hydrogen-bond acceptors (Lipinski definition) is 3. The molecule has 0 radical (unpaired) electrons. The predicted molar refractivity (Wildman–Crippen MR) is 96.9 cm³/mol. The van der Waals surface area contributed by atoms with E-state index in [-0.39, 0.29) is 24.8 Å². The lowest BCUT2D eigenvalue weighted by molar-refractivity contribution is -0.121. The summed E-state index contributed by atoms with van der Waals surface area (Å²) < 4.78 is 12.8. The summed E-state index contributed by atoms with van der Waals surface area (Å²) in [6.45, 7) is 0.584. The minimum atomic E-state index is -0.399. The zero-order valence-electron chi connectivity index (χ0n) is 14.0. The number of nitrogens with zero attached hydrogens (tertiary/aromatic N) is 1. The van der Waals surface area contributed by atoms with E-state index in [0.29, 0.717) is 12.1 Å². The van der Waals surface area contributed by atoms with Crippen molar-refractivity contribution in [2.75, 3.05) is 6.54 Å². The number of fused-ring (bicyclic) bond motifs is 1. The van der Waals surface area contributed by atoms with Crippen LogP contribution in [0.25, 0.3) is 10.9 Å². The maximum atomic E-state index is 12.8. The second-order valence-electron chi connectivity index (χ2n) is 5.83. The number of aromatic nitrogens is 1. The van der Waals surface area contributed by atoms with Crippen molar-refractivity contribution >= 4 is 22.7 Å². The molecule has 0 bridgehead atoms. The Bertz CT molecular complexity index is 926. The Morgan fingerprint density at radius 1 is 1.00 bits per heavy atom. The lowest BCUT2D eigenvalue weighted by Gasteiger charge is -2.07. The molecule has 0 spiro atoms. The lowest BCUT2D eigenvalue weighted by Crippen LogP contribution is -2.30. The van der Waals surface area contributed by atoms with Crippen LogP contribution < -0.4 is 10.6 Å². The van der Waals surface area contributed by atoms with E-state index in [0.717, 1.165) is 16.5 Å². The van der Waals surface area contributed by atoms with Gasteiger partial charge in [-0.05, 0) is 42.0 Å². The molecular weight excluding hydrogens is 333 g/mol. The smallest absolute Gasteiger partial charge is 0.251 e. The minimum absolute atomic E-state index is 0.161. The second-order valence-corrected chi connectivity index (χ2v) is 5.83. The Morgan fingerprint density at radius 2 is 1.77 bits per heavy atom. The van der Waals surface area contributed by atoms with Crippen molar-refractivity contribution in [1.29, 1.82) is 0 Å². The summed E-state index contributed by atoms with van der Waals surface area (Å²) >= 11 is 0. The molecule has 5 nitrogen and oxygen atoms in total. The highest BCUT2D eigenvalue weighted by Gasteiger charge is 2.07. The van der Waals surface area contributed by atoms with Gasteiger partial charge in [0.1, 0.15) is 5.82 Å². The maximum Gasteiger partial charge on any atom is 0.251 e. The van der Waals surface area contributed by atoms with Gasteiger partial charge in [0.2, 0.25) is 5.91 Å². The van der Waals surface area contributed by atoms with Crippen LogP contribution in [0.2, 0.25) is 0 Å². The molecule has 2 N–H and O–H groups in total. The van der Waals surface area contributed by atoms with E-state index >= 15 is 0 Å². The van der Waals surface area contributed by atoms with Gasteiger partial charge in [-0.1, -0.05) is 18.2 Å². The van der Waals surface area contributed by atoms with Gasteiger partial charge >= 0.3 is 0 Å². The Morgan fingerprint density at radius 3 is 2.58 bits per heavy atom. The van der Waals surface area contributed by atoms with Crippen LogP contribution in [0, 0.1) is 5.82 Å². The van der Waals surface area contributed by atoms with Gasteiger partial charge in [0.15, 0.2) is 0 Å². The van der Waals surface area contributed by atoms with Crippen molar-refractivity contribution in [3.8, 4) is 0 Å². The molecule has 132 valence electrons. The average molecular weight is 351 g/mol. The summed E-state index contributed by atoms with van der Waals surface area (Å²) in [6, 6.07) is 15.0. The molecule has 3 rings (SSSR count). The molecule has 0 aliphatic carbocycles. The number of benzene rings is 2. The highest BCUT2D eigenvalue weighted by Crippen LogP contribution is 2.12. The summed E-state index contributed by atoms with van der Waals surface area (Å²) in [6.07, 6.45) is 1.90. The number of hydrogen-bond donors (Lipinski definition) is 2. The van der Waals surface area contributed by atoms with Crippen LogP contribution in [0.15, 0.2) is 60.8 Å². The van der Waals surface area contributed by atoms with Gasteiger partial charge in [-0.2, -0.15) is 0 Å². The van der Waals surface area contributed by atoms with Gasteiger partial charge in [0.05, 0.1) is 5.52 Å². The fraction of sp³-hybridized carbons (Fsp3) is 0.150. The van der Waals surface area contributed by atoms with Crippen LogP contribution in [-0.2, 0) is 11.3 Å². The van der Waals surface area contributed by atoms with E-state index in [1.807, 2.05) is 30.3 Å². The van der Waals surface area contributed by atoms with Crippen molar-refractivity contribution in [2.24, 2.45) is 0 Å². The van der Waals surface area contributed by atoms with Crippen LogP contribution in [0.4, 0.5) is 4.39 Å². The summed E-state index contributed by atoms with van der Waals surface area (Å²) in [5, 5.41) is 6.46. The maximum absolute atomic E-state index is 12.8. The van der Waals surface area contributed by atoms with Gasteiger partial charge in [-0.25, -0.2) is 4.39 Å². The van der Waals surface area contributed by atoms with E-state index < -0.39 is 5.82 Å². The van der Waals surface area contributed by atoms with E-state index in [9.17, 15) is 14.0 Å². The molecule has 0 fully saturated rings. The SMILES string of the molecule is O=C(CCNC(=O)c1ccc(F)cc1)NCc1cnc2ccccc2c1. The second kappa shape index (κ2) is 8.20. The Hall–Kier alpha value is -3.28. The lowest BCUT2D eigenvalue weighted by atomic mass is 10.1. The zero-order chi connectivity index (χ0) is 18.4. The van der Waals surface area contributed by atoms with Gasteiger partial charge in [0.25, 0.3) is 5.91 Å². The summed E-state index contributed by atoms with van der Waals surface area (Å²) in [5.41, 5.74) is 2.17. The molecule has 0 aliphatic rings. The number of nitrogens with one attached hydrogen (secondary N) is 2. The third-order valence-corrected chi connectivity index (χ3v) is 3.88. The highest BCUT2D eigenvalue weighted by molar-refractivity contribution is 5.94. The molecule has 2 aromatic carbocycles. The van der Waals surface area contributed by atoms with Crippen molar-refractivity contribution < 1.29 is 14.0 Å². The van der Waals surface area contributed by atoms with Gasteiger partial charge in [-0.3, -0.25) is 14.6 Å². The van der Waals surface area contributed by atoms with Gasteiger partial charge in [-0.15, -0.1) is 0 Å². The van der Waals surface area contributed by atoms with E-state index in [2.05, 4.69) is 15.6 Å². The molecule has 6 heteroatoms. The van der Waals surface area contributed by atoms with Crippen LogP contribution in [0.5, 0.6) is 0 Å². The van der Waals surface area contributed by atoms with Crippen LogP contribution in [-0.4, -0.2) is 23.3 Å². The largest absolute Gasteiger partial charge is 0.352 e. The first kappa shape index (κ1) is 17.5. The van der Waals surface area contributed by atoms with Crippen molar-refractivity contribution in [2.45, 2.75) is 13.0 Å². The van der Waals surface area contributed by atoms with Gasteiger partial charge in [0, 0.05) is 36.7 Å². The topological polar surface area (TPSA) is 71.1 Å².